The van der Waals surface area contributed by atoms with Crippen molar-refractivity contribution in [3.63, 3.8) is 0 Å². The minimum absolute atomic E-state index is 0.0571. The van der Waals surface area contributed by atoms with Crippen LogP contribution in [0.4, 0.5) is 5.69 Å². The number of amides is 1. The van der Waals surface area contributed by atoms with Crippen LogP contribution < -0.4 is 20.5 Å². The predicted octanol–water partition coefficient (Wildman–Crippen LogP) is 2.02. The molecule has 7 nitrogen and oxygen atoms in total. The Hall–Kier alpha value is -2.42. The van der Waals surface area contributed by atoms with E-state index in [2.05, 4.69) is 10.6 Å². The van der Waals surface area contributed by atoms with Crippen molar-refractivity contribution in [2.45, 2.75) is 30.8 Å². The van der Waals surface area contributed by atoms with E-state index in [-0.39, 0.29) is 16.8 Å². The molecule has 0 aliphatic rings. The zero-order chi connectivity index (χ0) is 19.3. The van der Waals surface area contributed by atoms with Gasteiger partial charge in [0.2, 0.25) is 15.9 Å². The minimum atomic E-state index is -3.82. The van der Waals surface area contributed by atoms with Gasteiger partial charge in [0.1, 0.15) is 5.75 Å². The Morgan fingerprint density at radius 1 is 1.12 bits per heavy atom. The first-order valence-corrected chi connectivity index (χ1v) is 9.59. The highest BCUT2D eigenvalue weighted by atomic mass is 32.2. The molecule has 4 N–H and O–H groups in total. The second kappa shape index (κ2) is 8.31. The molecule has 0 aliphatic carbocycles. The Balaban J connectivity index is 2.06. The third kappa shape index (κ3) is 5.04. The van der Waals surface area contributed by atoms with Crippen LogP contribution in [-0.2, 0) is 14.8 Å². The number of carbonyl (C=O) groups excluding carboxylic acids is 1. The molecule has 0 heterocycles. The van der Waals surface area contributed by atoms with E-state index in [1.54, 1.807) is 20.1 Å². The van der Waals surface area contributed by atoms with Crippen LogP contribution in [0.15, 0.2) is 53.4 Å². The van der Waals surface area contributed by atoms with E-state index in [0.717, 1.165) is 11.3 Å². The summed E-state index contributed by atoms with van der Waals surface area (Å²) in [6.45, 7) is 3.66. The van der Waals surface area contributed by atoms with E-state index in [1.165, 1.54) is 18.2 Å². The van der Waals surface area contributed by atoms with Crippen LogP contribution >= 0.6 is 0 Å². The van der Waals surface area contributed by atoms with E-state index >= 15 is 0 Å². The zero-order valence-electron chi connectivity index (χ0n) is 14.9. The van der Waals surface area contributed by atoms with Gasteiger partial charge in [-0.25, -0.2) is 13.6 Å². The number of sulfonamides is 1. The number of methoxy groups -OCH3 is 1. The third-order valence-electron chi connectivity index (χ3n) is 3.93. The van der Waals surface area contributed by atoms with E-state index in [4.69, 9.17) is 9.88 Å². The van der Waals surface area contributed by atoms with Crippen LogP contribution in [-0.4, -0.2) is 27.5 Å². The Bertz CT molecular complexity index is 884. The fraction of sp³-hybridized carbons (Fsp3) is 0.278. The minimum Gasteiger partial charge on any atom is -0.496 e. The van der Waals surface area contributed by atoms with Crippen LogP contribution in [0.5, 0.6) is 5.75 Å². The fourth-order valence-electron chi connectivity index (χ4n) is 2.57. The topological polar surface area (TPSA) is 111 Å². The molecule has 26 heavy (non-hydrogen) atoms. The number of primary sulfonamides is 1. The maximum absolute atomic E-state index is 12.4. The molecule has 0 aromatic heterocycles. The molecule has 8 heteroatoms. The normalized spacial score (nSPS) is 13.7. The lowest BCUT2D eigenvalue weighted by Crippen LogP contribution is -2.39. The number of nitrogens with two attached hydrogens (primary N) is 1. The van der Waals surface area contributed by atoms with Crippen LogP contribution in [0.1, 0.15) is 25.5 Å². The van der Waals surface area contributed by atoms with Crippen LogP contribution in [0.3, 0.4) is 0 Å². The molecule has 0 bridgehead atoms. The van der Waals surface area contributed by atoms with Gasteiger partial charge >= 0.3 is 0 Å². The van der Waals surface area contributed by atoms with Crippen LogP contribution in [0, 0.1) is 0 Å². The number of para-hydroxylation sites is 1. The van der Waals surface area contributed by atoms with Gasteiger partial charge < -0.3 is 10.1 Å². The molecular weight excluding hydrogens is 354 g/mol. The van der Waals surface area contributed by atoms with Crippen LogP contribution in [0.2, 0.25) is 0 Å². The molecule has 0 spiro atoms. The van der Waals surface area contributed by atoms with Crippen LogP contribution in [0.25, 0.3) is 0 Å². The molecule has 0 fully saturated rings. The largest absolute Gasteiger partial charge is 0.496 e. The summed E-state index contributed by atoms with van der Waals surface area (Å²) in [5.74, 6) is 0.444. The number of hydrogen-bond acceptors (Lipinski definition) is 5. The molecule has 0 radical (unpaired) electrons. The summed E-state index contributed by atoms with van der Waals surface area (Å²) < 4.78 is 28.2. The summed E-state index contributed by atoms with van der Waals surface area (Å²) in [6.07, 6.45) is 0. The van der Waals surface area contributed by atoms with E-state index in [0.29, 0.717) is 5.69 Å². The molecule has 2 atom stereocenters. The Morgan fingerprint density at radius 2 is 1.81 bits per heavy atom. The van der Waals surface area contributed by atoms with Crippen molar-refractivity contribution in [2.24, 2.45) is 5.14 Å². The van der Waals surface area contributed by atoms with Crippen molar-refractivity contribution in [1.29, 1.82) is 0 Å². The second-order valence-corrected chi connectivity index (χ2v) is 7.48. The first-order chi connectivity index (χ1) is 12.2. The molecule has 0 aliphatic heterocycles. The Morgan fingerprint density at radius 3 is 2.46 bits per heavy atom. The SMILES string of the molecule is COc1ccccc1[C@H](C)N[C@H](C)C(=O)Nc1cccc(S(N)(=O)=O)c1. The lowest BCUT2D eigenvalue weighted by Gasteiger charge is -2.21. The number of anilines is 1. The van der Waals surface area contributed by atoms with Gasteiger partial charge in [-0.1, -0.05) is 24.3 Å². The summed E-state index contributed by atoms with van der Waals surface area (Å²) in [5, 5.41) is 11.0. The van der Waals surface area contributed by atoms with E-state index < -0.39 is 16.1 Å². The lowest BCUT2D eigenvalue weighted by molar-refractivity contribution is -0.117. The highest BCUT2D eigenvalue weighted by Gasteiger charge is 2.19. The van der Waals surface area contributed by atoms with Gasteiger partial charge in [0, 0.05) is 17.3 Å². The summed E-state index contributed by atoms with van der Waals surface area (Å²) in [6, 6.07) is 12.7. The molecule has 2 rings (SSSR count). The quantitative estimate of drug-likeness (QED) is 0.684. The fourth-order valence-corrected chi connectivity index (χ4v) is 3.13. The van der Waals surface area contributed by atoms with Gasteiger partial charge in [0.15, 0.2) is 0 Å². The number of nitrogens with one attached hydrogen (secondary N) is 2. The predicted molar refractivity (Wildman–Crippen MR) is 100 cm³/mol. The van der Waals surface area contributed by atoms with Crippen molar-refractivity contribution in [1.82, 2.24) is 5.32 Å². The van der Waals surface area contributed by atoms with Crippen molar-refractivity contribution < 1.29 is 17.9 Å². The van der Waals surface area contributed by atoms with Gasteiger partial charge in [0.05, 0.1) is 18.0 Å². The molecule has 1 amide bonds. The molecular formula is C18H23N3O4S. The van der Waals surface area contributed by atoms with Crippen molar-refractivity contribution in [3.05, 3.63) is 54.1 Å². The monoisotopic (exact) mass is 377 g/mol. The van der Waals surface area contributed by atoms with Gasteiger partial charge in [-0.05, 0) is 38.1 Å². The maximum Gasteiger partial charge on any atom is 0.241 e. The van der Waals surface area contributed by atoms with Crippen molar-refractivity contribution >= 4 is 21.6 Å². The number of ether oxygens (including phenoxy) is 1. The van der Waals surface area contributed by atoms with Crippen molar-refractivity contribution in [2.75, 3.05) is 12.4 Å². The Labute approximate surface area is 153 Å². The average Bonchev–Trinajstić information content (AvgIpc) is 2.61. The summed E-state index contributed by atoms with van der Waals surface area (Å²) in [4.78, 5) is 12.4. The zero-order valence-corrected chi connectivity index (χ0v) is 15.7. The summed E-state index contributed by atoms with van der Waals surface area (Å²) in [5.41, 5.74) is 1.30. The molecule has 0 saturated carbocycles. The Kier molecular flexibility index (Phi) is 6.36. The molecule has 0 saturated heterocycles. The number of hydrogen-bond donors (Lipinski definition) is 3. The second-order valence-electron chi connectivity index (χ2n) is 5.91. The number of rotatable bonds is 7. The average molecular weight is 377 g/mol. The third-order valence-corrected chi connectivity index (χ3v) is 4.84. The molecule has 2 aromatic carbocycles. The standard InChI is InChI=1S/C18H23N3O4S/c1-12(16-9-4-5-10-17(16)25-3)20-13(2)18(22)21-14-7-6-8-15(11-14)26(19,23)24/h4-13,20H,1-3H3,(H,21,22)(H2,19,23,24)/t12-,13+/m0/s1. The first kappa shape index (κ1) is 19.9. The summed E-state index contributed by atoms with van der Waals surface area (Å²) >= 11 is 0. The summed E-state index contributed by atoms with van der Waals surface area (Å²) in [7, 11) is -2.23. The van der Waals surface area contributed by atoms with E-state index in [1.807, 2.05) is 31.2 Å². The lowest BCUT2D eigenvalue weighted by atomic mass is 10.1. The molecule has 0 unspecified atom stereocenters. The number of benzene rings is 2. The highest BCUT2D eigenvalue weighted by Crippen LogP contribution is 2.24. The smallest absolute Gasteiger partial charge is 0.241 e. The van der Waals surface area contributed by atoms with Crippen molar-refractivity contribution in [3.8, 4) is 5.75 Å². The van der Waals surface area contributed by atoms with Gasteiger partial charge in [-0.15, -0.1) is 0 Å². The van der Waals surface area contributed by atoms with Gasteiger partial charge in [0.25, 0.3) is 0 Å². The molecule has 2 aromatic rings. The maximum atomic E-state index is 12.4. The number of carbonyl (C=O) groups is 1. The van der Waals surface area contributed by atoms with Gasteiger partial charge in [-0.2, -0.15) is 0 Å². The highest BCUT2D eigenvalue weighted by molar-refractivity contribution is 7.89. The van der Waals surface area contributed by atoms with E-state index in [9.17, 15) is 13.2 Å². The molecule has 140 valence electrons. The van der Waals surface area contributed by atoms with Gasteiger partial charge in [-0.3, -0.25) is 10.1 Å². The first-order valence-electron chi connectivity index (χ1n) is 8.05.